The third-order valence-electron chi connectivity index (χ3n) is 3.61. The number of aryl methyl sites for hydroxylation is 1. The lowest BCUT2D eigenvalue weighted by molar-refractivity contribution is 0.171. The Morgan fingerprint density at radius 1 is 1.04 bits per heavy atom. The van der Waals surface area contributed by atoms with Gasteiger partial charge < -0.3 is 9.47 Å². The van der Waals surface area contributed by atoms with Crippen LogP contribution in [0.3, 0.4) is 0 Å². The molecule has 0 amide bonds. The molecule has 1 aliphatic rings. The number of fused-ring (bicyclic) bond motifs is 1. The molecule has 0 fully saturated rings. The molecule has 2 aromatic carbocycles. The van der Waals surface area contributed by atoms with Gasteiger partial charge in [0.15, 0.2) is 11.5 Å². The van der Waals surface area contributed by atoms with E-state index in [9.17, 15) is 8.42 Å². The Labute approximate surface area is 136 Å². The Morgan fingerprint density at radius 3 is 2.61 bits per heavy atom. The number of benzene rings is 2. The highest BCUT2D eigenvalue weighted by atomic mass is 32.2. The molecule has 1 N–H and O–H groups in total. The summed E-state index contributed by atoms with van der Waals surface area (Å²) < 4.78 is 38.1. The monoisotopic (exact) mass is 333 g/mol. The van der Waals surface area contributed by atoms with Gasteiger partial charge in [-0.05, 0) is 48.7 Å². The molecule has 0 saturated heterocycles. The van der Waals surface area contributed by atoms with Crippen molar-refractivity contribution in [3.05, 3.63) is 53.6 Å². The predicted molar refractivity (Wildman–Crippen MR) is 87.5 cm³/mol. The second-order valence-corrected chi connectivity index (χ2v) is 7.21. The Hall–Kier alpha value is -2.05. The quantitative estimate of drug-likeness (QED) is 0.912. The minimum absolute atomic E-state index is 0.291. The molecule has 23 heavy (non-hydrogen) atoms. The van der Waals surface area contributed by atoms with Crippen LogP contribution in [0.5, 0.6) is 11.5 Å². The lowest BCUT2D eigenvalue weighted by Gasteiger charge is -2.18. The SMILES string of the molecule is Cc1cccc(S(=O)(=O)NCCc2ccc3c(c2)OCCO3)c1. The second-order valence-electron chi connectivity index (χ2n) is 5.44. The van der Waals surface area contributed by atoms with Crippen LogP contribution in [0.1, 0.15) is 11.1 Å². The molecule has 3 rings (SSSR count). The predicted octanol–water partition coefficient (Wildman–Crippen LogP) is 2.29. The van der Waals surface area contributed by atoms with Gasteiger partial charge in [-0.1, -0.05) is 18.2 Å². The average molecular weight is 333 g/mol. The fourth-order valence-electron chi connectivity index (χ4n) is 2.44. The summed E-state index contributed by atoms with van der Waals surface area (Å²) in [6.45, 7) is 3.29. The number of rotatable bonds is 5. The first-order valence-corrected chi connectivity index (χ1v) is 8.98. The van der Waals surface area contributed by atoms with Crippen molar-refractivity contribution in [3.63, 3.8) is 0 Å². The molecule has 1 heterocycles. The number of sulfonamides is 1. The smallest absolute Gasteiger partial charge is 0.240 e. The second kappa shape index (κ2) is 6.60. The van der Waals surface area contributed by atoms with Gasteiger partial charge in [-0.2, -0.15) is 0 Å². The van der Waals surface area contributed by atoms with Gasteiger partial charge in [0, 0.05) is 6.54 Å². The molecule has 0 aromatic heterocycles. The molecule has 122 valence electrons. The molecule has 0 atom stereocenters. The van der Waals surface area contributed by atoms with Crippen molar-refractivity contribution in [1.82, 2.24) is 4.72 Å². The highest BCUT2D eigenvalue weighted by Gasteiger charge is 2.14. The summed E-state index contributed by atoms with van der Waals surface area (Å²) in [5.74, 6) is 1.45. The zero-order valence-electron chi connectivity index (χ0n) is 12.9. The largest absolute Gasteiger partial charge is 0.486 e. The van der Waals surface area contributed by atoms with Crippen molar-refractivity contribution in [2.75, 3.05) is 19.8 Å². The van der Waals surface area contributed by atoms with E-state index in [0.717, 1.165) is 22.6 Å². The molecule has 6 heteroatoms. The summed E-state index contributed by atoms with van der Waals surface area (Å²) in [6.07, 6.45) is 0.585. The third kappa shape index (κ3) is 3.83. The molecule has 1 aliphatic heterocycles. The van der Waals surface area contributed by atoms with Crippen LogP contribution in [-0.4, -0.2) is 28.2 Å². The summed E-state index contributed by atoms with van der Waals surface area (Å²) in [4.78, 5) is 0.291. The van der Waals surface area contributed by atoms with E-state index in [1.807, 2.05) is 31.2 Å². The van der Waals surface area contributed by atoms with Gasteiger partial charge in [-0.25, -0.2) is 13.1 Å². The third-order valence-corrected chi connectivity index (χ3v) is 5.07. The van der Waals surface area contributed by atoms with Crippen LogP contribution in [0.15, 0.2) is 47.4 Å². The minimum atomic E-state index is -3.48. The van der Waals surface area contributed by atoms with Crippen LogP contribution in [-0.2, 0) is 16.4 Å². The van der Waals surface area contributed by atoms with Crippen LogP contribution in [0.25, 0.3) is 0 Å². The van der Waals surface area contributed by atoms with Crippen LogP contribution >= 0.6 is 0 Å². The molecule has 0 unspecified atom stereocenters. The van der Waals surface area contributed by atoms with E-state index in [0.29, 0.717) is 31.1 Å². The van der Waals surface area contributed by atoms with Crippen molar-refractivity contribution in [2.24, 2.45) is 0 Å². The van der Waals surface area contributed by atoms with Gasteiger partial charge in [0.25, 0.3) is 0 Å². The van der Waals surface area contributed by atoms with Gasteiger partial charge in [-0.3, -0.25) is 0 Å². The molecule has 5 nitrogen and oxygen atoms in total. The lowest BCUT2D eigenvalue weighted by Crippen LogP contribution is -2.26. The van der Waals surface area contributed by atoms with E-state index in [4.69, 9.17) is 9.47 Å². The maximum Gasteiger partial charge on any atom is 0.240 e. The van der Waals surface area contributed by atoms with Crippen LogP contribution in [0.4, 0.5) is 0 Å². The highest BCUT2D eigenvalue weighted by molar-refractivity contribution is 7.89. The van der Waals surface area contributed by atoms with Crippen molar-refractivity contribution < 1.29 is 17.9 Å². The topological polar surface area (TPSA) is 64.6 Å². The minimum Gasteiger partial charge on any atom is -0.486 e. The summed E-state index contributed by atoms with van der Waals surface area (Å²) in [7, 11) is -3.48. The molecular formula is C17H19NO4S. The Kier molecular flexibility index (Phi) is 4.54. The maximum atomic E-state index is 12.3. The summed E-state index contributed by atoms with van der Waals surface area (Å²) in [5, 5.41) is 0. The fraction of sp³-hybridized carbons (Fsp3) is 0.294. The summed E-state index contributed by atoms with van der Waals surface area (Å²) >= 11 is 0. The lowest BCUT2D eigenvalue weighted by atomic mass is 10.1. The Balaban J connectivity index is 1.63. The van der Waals surface area contributed by atoms with Gasteiger partial charge >= 0.3 is 0 Å². The van der Waals surface area contributed by atoms with E-state index in [1.165, 1.54) is 0 Å². The molecule has 0 aliphatic carbocycles. The number of hydrogen-bond acceptors (Lipinski definition) is 4. The van der Waals surface area contributed by atoms with Crippen molar-refractivity contribution >= 4 is 10.0 Å². The van der Waals surface area contributed by atoms with Crippen molar-refractivity contribution in [1.29, 1.82) is 0 Å². The van der Waals surface area contributed by atoms with Crippen LogP contribution in [0.2, 0.25) is 0 Å². The van der Waals surface area contributed by atoms with Gasteiger partial charge in [0.05, 0.1) is 4.90 Å². The van der Waals surface area contributed by atoms with E-state index in [1.54, 1.807) is 18.2 Å². The molecular weight excluding hydrogens is 314 g/mol. The van der Waals surface area contributed by atoms with Crippen molar-refractivity contribution in [3.8, 4) is 11.5 Å². The van der Waals surface area contributed by atoms with E-state index >= 15 is 0 Å². The van der Waals surface area contributed by atoms with E-state index in [-0.39, 0.29) is 0 Å². The van der Waals surface area contributed by atoms with Gasteiger partial charge in [-0.15, -0.1) is 0 Å². The zero-order valence-corrected chi connectivity index (χ0v) is 13.7. The first kappa shape index (κ1) is 15.8. The highest BCUT2D eigenvalue weighted by Crippen LogP contribution is 2.30. The van der Waals surface area contributed by atoms with Gasteiger partial charge in [0.2, 0.25) is 10.0 Å². The van der Waals surface area contributed by atoms with E-state index < -0.39 is 10.0 Å². The average Bonchev–Trinajstić information content (AvgIpc) is 2.54. The maximum absolute atomic E-state index is 12.3. The standard InChI is InChI=1S/C17H19NO4S/c1-13-3-2-4-15(11-13)23(19,20)18-8-7-14-5-6-16-17(12-14)22-10-9-21-16/h2-6,11-12,18H,7-10H2,1H3. The Bertz CT molecular complexity index is 802. The molecule has 0 bridgehead atoms. The first-order chi connectivity index (χ1) is 11.0. The first-order valence-electron chi connectivity index (χ1n) is 7.49. The van der Waals surface area contributed by atoms with E-state index in [2.05, 4.69) is 4.72 Å². The van der Waals surface area contributed by atoms with Gasteiger partial charge in [0.1, 0.15) is 13.2 Å². The molecule has 0 spiro atoms. The van der Waals surface area contributed by atoms with Crippen molar-refractivity contribution in [2.45, 2.75) is 18.2 Å². The molecule has 0 radical (unpaired) electrons. The summed E-state index contributed by atoms with van der Waals surface area (Å²) in [5.41, 5.74) is 1.92. The molecule has 0 saturated carbocycles. The number of ether oxygens (including phenoxy) is 2. The van der Waals surface area contributed by atoms with Crippen LogP contribution in [0, 0.1) is 6.92 Å². The molecule has 2 aromatic rings. The zero-order chi connectivity index (χ0) is 16.3. The fourth-order valence-corrected chi connectivity index (χ4v) is 3.58. The Morgan fingerprint density at radius 2 is 1.83 bits per heavy atom. The normalized spacial score (nSPS) is 13.8. The van der Waals surface area contributed by atoms with Crippen LogP contribution < -0.4 is 14.2 Å². The summed E-state index contributed by atoms with van der Waals surface area (Å²) in [6, 6.07) is 12.5. The number of nitrogens with one attached hydrogen (secondary N) is 1. The number of hydrogen-bond donors (Lipinski definition) is 1.